The van der Waals surface area contributed by atoms with E-state index >= 15 is 0 Å². The summed E-state index contributed by atoms with van der Waals surface area (Å²) in [5.41, 5.74) is 0. The van der Waals surface area contributed by atoms with Crippen molar-refractivity contribution in [3.8, 4) is 0 Å². The molecule has 5 heteroatoms. The summed E-state index contributed by atoms with van der Waals surface area (Å²) in [6, 6.07) is 2.10. The maximum Gasteiger partial charge on any atom is 0.134 e. The quantitative estimate of drug-likeness (QED) is 0.866. The van der Waals surface area contributed by atoms with Crippen LogP contribution in [0.3, 0.4) is 0 Å². The molecule has 0 spiro atoms. The van der Waals surface area contributed by atoms with Gasteiger partial charge < -0.3 is 10.2 Å². The van der Waals surface area contributed by atoms with Crippen molar-refractivity contribution in [2.75, 3.05) is 41.9 Å². The molecular weight excluding hydrogens is 256 g/mol. The Hall–Kier alpha value is -0.970. The highest BCUT2D eigenvalue weighted by Gasteiger charge is 2.24. The fraction of sp³-hybridized carbons (Fsp3) is 0.714. The van der Waals surface area contributed by atoms with E-state index in [0.717, 1.165) is 43.1 Å². The molecule has 2 aliphatic rings. The van der Waals surface area contributed by atoms with Crippen LogP contribution in [0.5, 0.6) is 0 Å². The van der Waals surface area contributed by atoms with Crippen LogP contribution in [0.15, 0.2) is 12.4 Å². The van der Waals surface area contributed by atoms with Crippen molar-refractivity contribution in [2.24, 2.45) is 11.8 Å². The average molecular weight is 278 g/mol. The molecule has 1 aromatic rings. The molecule has 1 aliphatic carbocycles. The predicted molar refractivity (Wildman–Crippen MR) is 81.9 cm³/mol. The summed E-state index contributed by atoms with van der Waals surface area (Å²) >= 11 is 1.95. The molecule has 1 saturated heterocycles. The fourth-order valence-corrected chi connectivity index (χ4v) is 3.34. The van der Waals surface area contributed by atoms with Gasteiger partial charge in [0.2, 0.25) is 0 Å². The van der Waals surface area contributed by atoms with Crippen LogP contribution in [0.1, 0.15) is 19.3 Å². The summed E-state index contributed by atoms with van der Waals surface area (Å²) in [6.45, 7) is 3.33. The van der Waals surface area contributed by atoms with Crippen molar-refractivity contribution >= 4 is 23.4 Å². The highest BCUT2D eigenvalue weighted by Crippen LogP contribution is 2.29. The largest absolute Gasteiger partial charge is 0.370 e. The molecule has 4 nitrogen and oxygen atoms in total. The molecule has 0 radical (unpaired) electrons. The maximum atomic E-state index is 4.43. The van der Waals surface area contributed by atoms with Crippen molar-refractivity contribution in [1.29, 1.82) is 0 Å². The molecular formula is C14H22N4S. The van der Waals surface area contributed by atoms with Crippen LogP contribution < -0.4 is 10.2 Å². The number of nitrogens with zero attached hydrogens (tertiary/aromatic N) is 3. The number of anilines is 2. The molecule has 1 saturated carbocycles. The van der Waals surface area contributed by atoms with Gasteiger partial charge in [-0.3, -0.25) is 0 Å². The Balaban J connectivity index is 1.59. The highest BCUT2D eigenvalue weighted by atomic mass is 32.2. The molecule has 0 aromatic carbocycles. The SMILES string of the molecule is CSCC1CCN(c2cc(NCC3CC3)ncn2)C1. The summed E-state index contributed by atoms with van der Waals surface area (Å²) in [5.74, 6) is 5.00. The van der Waals surface area contributed by atoms with Crippen LogP contribution in [-0.2, 0) is 0 Å². The van der Waals surface area contributed by atoms with E-state index < -0.39 is 0 Å². The van der Waals surface area contributed by atoms with Gasteiger partial charge >= 0.3 is 0 Å². The van der Waals surface area contributed by atoms with Gasteiger partial charge in [0, 0.05) is 25.7 Å². The average Bonchev–Trinajstić information content (AvgIpc) is 3.15. The Labute approximate surface area is 119 Å². The Morgan fingerprint density at radius 2 is 2.21 bits per heavy atom. The van der Waals surface area contributed by atoms with Gasteiger partial charge in [-0.1, -0.05) is 0 Å². The summed E-state index contributed by atoms with van der Waals surface area (Å²) < 4.78 is 0. The molecule has 1 aromatic heterocycles. The molecule has 0 bridgehead atoms. The topological polar surface area (TPSA) is 41.0 Å². The monoisotopic (exact) mass is 278 g/mol. The summed E-state index contributed by atoms with van der Waals surface area (Å²) in [4.78, 5) is 11.1. The number of nitrogens with one attached hydrogen (secondary N) is 1. The Bertz CT molecular complexity index is 422. The number of hydrogen-bond donors (Lipinski definition) is 1. The van der Waals surface area contributed by atoms with E-state index in [9.17, 15) is 0 Å². The predicted octanol–water partition coefficient (Wildman–Crippen LogP) is 2.49. The van der Waals surface area contributed by atoms with Crippen molar-refractivity contribution < 1.29 is 0 Å². The third-order valence-corrected chi connectivity index (χ3v) is 4.74. The van der Waals surface area contributed by atoms with Crippen molar-refractivity contribution in [2.45, 2.75) is 19.3 Å². The molecule has 2 heterocycles. The zero-order valence-corrected chi connectivity index (χ0v) is 12.3. The molecule has 1 unspecified atom stereocenters. The standard InChI is InChI=1S/C14H22N4S/c1-19-9-12-4-5-18(8-12)14-6-13(16-10-17-14)15-7-11-2-3-11/h6,10-12H,2-5,7-9H2,1H3,(H,15,16,17). The van der Waals surface area contributed by atoms with E-state index in [2.05, 4.69) is 32.5 Å². The second-order valence-corrected chi connectivity index (χ2v) is 6.55. The molecule has 1 N–H and O–H groups in total. The summed E-state index contributed by atoms with van der Waals surface area (Å²) in [6.07, 6.45) is 7.90. The van der Waals surface area contributed by atoms with Gasteiger partial charge in [-0.2, -0.15) is 11.8 Å². The number of thioether (sulfide) groups is 1. The Kier molecular flexibility index (Phi) is 4.11. The van der Waals surface area contributed by atoms with E-state index in [1.165, 1.54) is 25.0 Å². The lowest BCUT2D eigenvalue weighted by atomic mass is 10.2. The van der Waals surface area contributed by atoms with Crippen LogP contribution in [0, 0.1) is 11.8 Å². The third-order valence-electron chi connectivity index (χ3n) is 3.93. The van der Waals surface area contributed by atoms with Crippen LogP contribution >= 0.6 is 11.8 Å². The van der Waals surface area contributed by atoms with Gasteiger partial charge in [-0.15, -0.1) is 0 Å². The van der Waals surface area contributed by atoms with E-state index in [4.69, 9.17) is 0 Å². The molecule has 2 fully saturated rings. The van der Waals surface area contributed by atoms with Crippen LogP contribution in [-0.4, -0.2) is 41.6 Å². The fourth-order valence-electron chi connectivity index (χ4n) is 2.60. The maximum absolute atomic E-state index is 4.43. The van der Waals surface area contributed by atoms with Gasteiger partial charge in [0.1, 0.15) is 18.0 Å². The molecule has 19 heavy (non-hydrogen) atoms. The Morgan fingerprint density at radius 3 is 3.00 bits per heavy atom. The summed E-state index contributed by atoms with van der Waals surface area (Å²) in [5, 5.41) is 3.42. The zero-order valence-electron chi connectivity index (χ0n) is 11.5. The minimum Gasteiger partial charge on any atom is -0.370 e. The molecule has 0 amide bonds. The highest BCUT2D eigenvalue weighted by molar-refractivity contribution is 7.98. The van der Waals surface area contributed by atoms with Gasteiger partial charge in [-0.25, -0.2) is 9.97 Å². The molecule has 3 rings (SSSR count). The number of aromatic nitrogens is 2. The first-order chi connectivity index (χ1) is 9.35. The van der Waals surface area contributed by atoms with Crippen LogP contribution in [0.4, 0.5) is 11.6 Å². The first-order valence-electron chi connectivity index (χ1n) is 7.15. The zero-order chi connectivity index (χ0) is 13.1. The van der Waals surface area contributed by atoms with Gasteiger partial charge in [-0.05, 0) is 43.1 Å². The van der Waals surface area contributed by atoms with E-state index in [-0.39, 0.29) is 0 Å². The van der Waals surface area contributed by atoms with Crippen LogP contribution in [0.25, 0.3) is 0 Å². The van der Waals surface area contributed by atoms with E-state index in [0.29, 0.717) is 0 Å². The normalized spacial score (nSPS) is 22.8. The van der Waals surface area contributed by atoms with Crippen molar-refractivity contribution in [1.82, 2.24) is 9.97 Å². The number of rotatable bonds is 6. The molecule has 1 atom stereocenters. The third kappa shape index (κ3) is 3.53. The van der Waals surface area contributed by atoms with E-state index in [1.54, 1.807) is 6.33 Å². The smallest absolute Gasteiger partial charge is 0.134 e. The lowest BCUT2D eigenvalue weighted by Crippen LogP contribution is -2.21. The summed E-state index contributed by atoms with van der Waals surface area (Å²) in [7, 11) is 0. The van der Waals surface area contributed by atoms with E-state index in [1.807, 2.05) is 11.8 Å². The second-order valence-electron chi connectivity index (χ2n) is 5.64. The van der Waals surface area contributed by atoms with Crippen molar-refractivity contribution in [3.63, 3.8) is 0 Å². The van der Waals surface area contributed by atoms with Gasteiger partial charge in [0.25, 0.3) is 0 Å². The minimum absolute atomic E-state index is 0.813. The first kappa shape index (κ1) is 13.0. The lowest BCUT2D eigenvalue weighted by Gasteiger charge is -2.18. The Morgan fingerprint density at radius 1 is 1.32 bits per heavy atom. The second kappa shape index (κ2) is 5.99. The van der Waals surface area contributed by atoms with Crippen molar-refractivity contribution in [3.05, 3.63) is 12.4 Å². The molecule has 1 aliphatic heterocycles. The van der Waals surface area contributed by atoms with Gasteiger partial charge in [0.05, 0.1) is 0 Å². The van der Waals surface area contributed by atoms with Gasteiger partial charge in [0.15, 0.2) is 0 Å². The lowest BCUT2D eigenvalue weighted by molar-refractivity contribution is 0.671. The van der Waals surface area contributed by atoms with Crippen LogP contribution in [0.2, 0.25) is 0 Å². The number of hydrogen-bond acceptors (Lipinski definition) is 5. The first-order valence-corrected chi connectivity index (χ1v) is 8.54. The molecule has 104 valence electrons. The minimum atomic E-state index is 0.813.